The molecule has 1 rings (SSSR count). The number of ether oxygens (including phenoxy) is 1. The summed E-state index contributed by atoms with van der Waals surface area (Å²) in [5.74, 6) is -1.24. The Morgan fingerprint density at radius 1 is 1.33 bits per heavy atom. The van der Waals surface area contributed by atoms with Gasteiger partial charge in [0, 0.05) is 7.11 Å². The third-order valence-corrected chi connectivity index (χ3v) is 3.42. The fourth-order valence-corrected chi connectivity index (χ4v) is 1.66. The zero-order valence-corrected chi connectivity index (χ0v) is 11.6. The van der Waals surface area contributed by atoms with Gasteiger partial charge in [-0.3, -0.25) is 4.79 Å². The van der Waals surface area contributed by atoms with Crippen molar-refractivity contribution in [3.63, 3.8) is 0 Å². The number of methoxy groups -OCH3 is 1. The molecule has 1 aromatic carbocycles. The van der Waals surface area contributed by atoms with Crippen LogP contribution in [0.2, 0.25) is 0 Å². The standard InChI is InChI=1S/C15H22O3/c1-11(14(16)17)13-7-5-12(6-8-13)9-10-15(2,3)18-4/h5-8,11H,9-10H2,1-4H3,(H,16,17). The predicted molar refractivity (Wildman–Crippen MR) is 71.9 cm³/mol. The van der Waals surface area contributed by atoms with Crippen molar-refractivity contribution in [1.29, 1.82) is 0 Å². The molecule has 1 unspecified atom stereocenters. The third kappa shape index (κ3) is 4.15. The molecule has 0 saturated heterocycles. The molecule has 18 heavy (non-hydrogen) atoms. The van der Waals surface area contributed by atoms with E-state index >= 15 is 0 Å². The van der Waals surface area contributed by atoms with E-state index in [0.717, 1.165) is 18.4 Å². The van der Waals surface area contributed by atoms with Gasteiger partial charge in [0.05, 0.1) is 11.5 Å². The largest absolute Gasteiger partial charge is 0.481 e. The number of carboxylic acid groups (broad SMARTS) is 1. The number of rotatable bonds is 6. The van der Waals surface area contributed by atoms with Crippen LogP contribution in [-0.2, 0) is 16.0 Å². The molecule has 0 heterocycles. The Hall–Kier alpha value is -1.35. The highest BCUT2D eigenvalue weighted by atomic mass is 16.5. The molecule has 1 aromatic rings. The summed E-state index contributed by atoms with van der Waals surface area (Å²) < 4.78 is 5.38. The fourth-order valence-electron chi connectivity index (χ4n) is 1.66. The maximum absolute atomic E-state index is 10.9. The lowest BCUT2D eigenvalue weighted by molar-refractivity contribution is -0.138. The lowest BCUT2D eigenvalue weighted by Gasteiger charge is -2.22. The second kappa shape index (κ2) is 6.01. The van der Waals surface area contributed by atoms with Crippen molar-refractivity contribution >= 4 is 5.97 Å². The van der Waals surface area contributed by atoms with Gasteiger partial charge < -0.3 is 9.84 Å². The molecule has 0 aromatic heterocycles. The normalized spacial score (nSPS) is 13.3. The van der Waals surface area contributed by atoms with Crippen LogP contribution < -0.4 is 0 Å². The molecule has 0 aliphatic heterocycles. The number of hydrogen-bond acceptors (Lipinski definition) is 2. The van der Waals surface area contributed by atoms with Crippen molar-refractivity contribution < 1.29 is 14.6 Å². The minimum atomic E-state index is -0.789. The highest BCUT2D eigenvalue weighted by Crippen LogP contribution is 2.19. The van der Waals surface area contributed by atoms with Gasteiger partial charge in [0.1, 0.15) is 0 Å². The maximum atomic E-state index is 10.9. The predicted octanol–water partition coefficient (Wildman–Crippen LogP) is 3.23. The maximum Gasteiger partial charge on any atom is 0.310 e. The topological polar surface area (TPSA) is 46.5 Å². The van der Waals surface area contributed by atoms with E-state index in [0.29, 0.717) is 0 Å². The first-order valence-electron chi connectivity index (χ1n) is 6.22. The van der Waals surface area contributed by atoms with Crippen LogP contribution >= 0.6 is 0 Å². The summed E-state index contributed by atoms with van der Waals surface area (Å²) >= 11 is 0. The molecule has 1 N–H and O–H groups in total. The van der Waals surface area contributed by atoms with Crippen LogP contribution in [-0.4, -0.2) is 23.8 Å². The Bertz CT molecular complexity index is 393. The van der Waals surface area contributed by atoms with Crippen molar-refractivity contribution in [2.45, 2.75) is 45.1 Å². The fraction of sp³-hybridized carbons (Fsp3) is 0.533. The molecule has 0 fully saturated rings. The van der Waals surface area contributed by atoms with Gasteiger partial charge in [0.25, 0.3) is 0 Å². The average Bonchev–Trinajstić information content (AvgIpc) is 2.36. The van der Waals surface area contributed by atoms with Crippen molar-refractivity contribution in [2.24, 2.45) is 0 Å². The SMILES string of the molecule is COC(C)(C)CCc1ccc(C(C)C(=O)O)cc1. The lowest BCUT2D eigenvalue weighted by atomic mass is 9.95. The quantitative estimate of drug-likeness (QED) is 0.843. The third-order valence-electron chi connectivity index (χ3n) is 3.42. The van der Waals surface area contributed by atoms with Crippen LogP contribution in [0.4, 0.5) is 0 Å². The first-order chi connectivity index (χ1) is 8.35. The highest BCUT2D eigenvalue weighted by Gasteiger charge is 2.16. The Morgan fingerprint density at radius 2 is 1.89 bits per heavy atom. The molecule has 3 heteroatoms. The minimum absolute atomic E-state index is 0.118. The van der Waals surface area contributed by atoms with E-state index in [-0.39, 0.29) is 5.60 Å². The van der Waals surface area contributed by atoms with E-state index < -0.39 is 11.9 Å². The zero-order chi connectivity index (χ0) is 13.8. The van der Waals surface area contributed by atoms with Gasteiger partial charge in [-0.05, 0) is 44.7 Å². The Kier molecular flexibility index (Phi) is 4.91. The second-order valence-electron chi connectivity index (χ2n) is 5.27. The number of carbonyl (C=O) groups is 1. The molecule has 100 valence electrons. The number of benzene rings is 1. The number of hydrogen-bond donors (Lipinski definition) is 1. The Labute approximate surface area is 109 Å². The van der Waals surface area contributed by atoms with Gasteiger partial charge >= 0.3 is 5.97 Å². The van der Waals surface area contributed by atoms with E-state index in [1.54, 1.807) is 14.0 Å². The molecule has 0 amide bonds. The second-order valence-corrected chi connectivity index (χ2v) is 5.27. The molecule has 0 aliphatic rings. The summed E-state index contributed by atoms with van der Waals surface area (Å²) in [6.07, 6.45) is 1.87. The molecule has 0 aliphatic carbocycles. The van der Waals surface area contributed by atoms with Gasteiger partial charge in [-0.2, -0.15) is 0 Å². The Morgan fingerprint density at radius 3 is 2.33 bits per heavy atom. The Balaban J connectivity index is 2.64. The smallest absolute Gasteiger partial charge is 0.310 e. The van der Waals surface area contributed by atoms with Crippen LogP contribution in [0.1, 0.15) is 44.2 Å². The van der Waals surface area contributed by atoms with Crippen LogP contribution in [0, 0.1) is 0 Å². The summed E-state index contributed by atoms with van der Waals surface area (Å²) in [7, 11) is 1.72. The summed E-state index contributed by atoms with van der Waals surface area (Å²) in [6, 6.07) is 7.79. The van der Waals surface area contributed by atoms with E-state index in [2.05, 4.69) is 13.8 Å². The molecule has 0 bridgehead atoms. The van der Waals surface area contributed by atoms with E-state index in [1.165, 1.54) is 5.56 Å². The zero-order valence-electron chi connectivity index (χ0n) is 11.6. The van der Waals surface area contributed by atoms with Crippen molar-refractivity contribution in [2.75, 3.05) is 7.11 Å². The number of aliphatic carboxylic acids is 1. The summed E-state index contributed by atoms with van der Waals surface area (Å²) in [5.41, 5.74) is 1.94. The molecule has 0 spiro atoms. The molecule has 0 saturated carbocycles. The van der Waals surface area contributed by atoms with Gasteiger partial charge in [0.2, 0.25) is 0 Å². The number of aryl methyl sites for hydroxylation is 1. The van der Waals surface area contributed by atoms with Crippen molar-refractivity contribution in [3.8, 4) is 0 Å². The molecular weight excluding hydrogens is 228 g/mol. The van der Waals surface area contributed by atoms with Crippen LogP contribution in [0.5, 0.6) is 0 Å². The van der Waals surface area contributed by atoms with Gasteiger partial charge in [-0.25, -0.2) is 0 Å². The van der Waals surface area contributed by atoms with Crippen molar-refractivity contribution in [1.82, 2.24) is 0 Å². The first-order valence-corrected chi connectivity index (χ1v) is 6.22. The summed E-state index contributed by atoms with van der Waals surface area (Å²) in [6.45, 7) is 5.83. The van der Waals surface area contributed by atoms with Gasteiger partial charge in [-0.15, -0.1) is 0 Å². The first kappa shape index (κ1) is 14.7. The van der Waals surface area contributed by atoms with E-state index in [9.17, 15) is 4.79 Å². The van der Waals surface area contributed by atoms with E-state index in [1.807, 2.05) is 24.3 Å². The van der Waals surface area contributed by atoms with Crippen LogP contribution in [0.25, 0.3) is 0 Å². The van der Waals surface area contributed by atoms with Gasteiger partial charge in [0.15, 0.2) is 0 Å². The monoisotopic (exact) mass is 250 g/mol. The average molecular weight is 250 g/mol. The molecule has 3 nitrogen and oxygen atoms in total. The molecule has 1 atom stereocenters. The van der Waals surface area contributed by atoms with Crippen LogP contribution in [0.15, 0.2) is 24.3 Å². The van der Waals surface area contributed by atoms with Gasteiger partial charge in [-0.1, -0.05) is 24.3 Å². The minimum Gasteiger partial charge on any atom is -0.481 e. The molecular formula is C15H22O3. The van der Waals surface area contributed by atoms with Crippen molar-refractivity contribution in [3.05, 3.63) is 35.4 Å². The molecule has 0 radical (unpaired) electrons. The highest BCUT2D eigenvalue weighted by molar-refractivity contribution is 5.75. The summed E-state index contributed by atoms with van der Waals surface area (Å²) in [5, 5.41) is 8.93. The van der Waals surface area contributed by atoms with E-state index in [4.69, 9.17) is 9.84 Å². The number of carboxylic acids is 1. The van der Waals surface area contributed by atoms with Crippen LogP contribution in [0.3, 0.4) is 0 Å². The summed E-state index contributed by atoms with van der Waals surface area (Å²) in [4.78, 5) is 10.9. The lowest BCUT2D eigenvalue weighted by Crippen LogP contribution is -2.22.